The summed E-state index contributed by atoms with van der Waals surface area (Å²) in [5.41, 5.74) is 5.79. The molecule has 0 unspecified atom stereocenters. The van der Waals surface area contributed by atoms with Crippen molar-refractivity contribution in [3.05, 3.63) is 64.2 Å². The van der Waals surface area contributed by atoms with Crippen molar-refractivity contribution in [3.8, 4) is 0 Å². The fourth-order valence-corrected chi connectivity index (χ4v) is 3.36. The molecule has 0 aliphatic heterocycles. The minimum atomic E-state index is -3.61. The zero-order valence-electron chi connectivity index (χ0n) is 13.9. The van der Waals surface area contributed by atoms with Gasteiger partial charge >= 0.3 is 0 Å². The lowest BCUT2D eigenvalue weighted by Crippen LogP contribution is -2.18. The van der Waals surface area contributed by atoms with Crippen LogP contribution in [0.5, 0.6) is 0 Å². The lowest BCUT2D eigenvalue weighted by atomic mass is 9.98. The van der Waals surface area contributed by atoms with Gasteiger partial charge in [0.2, 0.25) is 0 Å². The number of aryl methyl sites for hydroxylation is 4. The minimum absolute atomic E-state index is 0.211. The number of hydrogen-bond acceptors (Lipinski definition) is 3. The number of benzene rings is 2. The van der Waals surface area contributed by atoms with Crippen LogP contribution in [0.1, 0.15) is 27.8 Å². The molecule has 0 saturated carbocycles. The quantitative estimate of drug-likeness (QED) is 0.674. The van der Waals surface area contributed by atoms with Gasteiger partial charge in [-0.25, -0.2) is 4.83 Å². The van der Waals surface area contributed by atoms with Gasteiger partial charge in [-0.3, -0.25) is 0 Å². The van der Waals surface area contributed by atoms with Crippen molar-refractivity contribution < 1.29 is 8.42 Å². The minimum Gasteiger partial charge on any atom is -0.200 e. The van der Waals surface area contributed by atoms with Gasteiger partial charge in [-0.1, -0.05) is 35.4 Å². The molecule has 0 fully saturated rings. The normalized spacial score (nSPS) is 11.8. The number of rotatable bonds is 5. The van der Waals surface area contributed by atoms with Crippen molar-refractivity contribution in [1.82, 2.24) is 4.83 Å². The van der Waals surface area contributed by atoms with E-state index in [1.54, 1.807) is 30.5 Å². The fourth-order valence-electron chi connectivity index (χ4n) is 2.55. The van der Waals surface area contributed by atoms with Crippen molar-refractivity contribution >= 4 is 16.2 Å². The van der Waals surface area contributed by atoms with Crippen LogP contribution in [0, 0.1) is 27.7 Å². The van der Waals surface area contributed by atoms with Gasteiger partial charge in [-0.2, -0.15) is 13.5 Å². The maximum Gasteiger partial charge on any atom is 0.276 e. The first-order valence-corrected chi connectivity index (χ1v) is 8.94. The lowest BCUT2D eigenvalue weighted by molar-refractivity contribution is 0.584. The van der Waals surface area contributed by atoms with Gasteiger partial charge in [0.05, 0.1) is 4.90 Å². The summed E-state index contributed by atoms with van der Waals surface area (Å²) in [6.07, 6.45) is 2.19. The molecule has 0 saturated heterocycles. The van der Waals surface area contributed by atoms with Gasteiger partial charge in [-0.05, 0) is 56.5 Å². The van der Waals surface area contributed by atoms with Crippen LogP contribution in [0.15, 0.2) is 46.4 Å². The Kier molecular flexibility index (Phi) is 5.21. The maximum absolute atomic E-state index is 12.1. The van der Waals surface area contributed by atoms with Gasteiger partial charge in [0.25, 0.3) is 10.0 Å². The van der Waals surface area contributed by atoms with E-state index in [9.17, 15) is 8.42 Å². The van der Waals surface area contributed by atoms with Crippen LogP contribution in [0.3, 0.4) is 0 Å². The molecule has 2 aromatic rings. The summed E-state index contributed by atoms with van der Waals surface area (Å²) in [5, 5.41) is 3.88. The molecular formula is C18H22N2O2S. The molecule has 2 aromatic carbocycles. The van der Waals surface area contributed by atoms with E-state index in [0.717, 1.165) is 5.56 Å². The summed E-state index contributed by atoms with van der Waals surface area (Å²) < 4.78 is 24.2. The summed E-state index contributed by atoms with van der Waals surface area (Å²) in [5.74, 6) is 0. The second-order valence-electron chi connectivity index (χ2n) is 5.80. The van der Waals surface area contributed by atoms with Crippen molar-refractivity contribution in [2.45, 2.75) is 39.0 Å². The van der Waals surface area contributed by atoms with Crippen LogP contribution in [-0.2, 0) is 16.4 Å². The first kappa shape index (κ1) is 17.2. The van der Waals surface area contributed by atoms with Crippen molar-refractivity contribution in [2.24, 2.45) is 5.10 Å². The van der Waals surface area contributed by atoms with Crippen LogP contribution in [0.25, 0.3) is 0 Å². The molecule has 0 bridgehead atoms. The summed E-state index contributed by atoms with van der Waals surface area (Å²) in [4.78, 5) is 2.47. The first-order chi connectivity index (χ1) is 10.8. The predicted octanol–water partition coefficient (Wildman–Crippen LogP) is 3.43. The Morgan fingerprint density at radius 3 is 2.09 bits per heavy atom. The highest BCUT2D eigenvalue weighted by molar-refractivity contribution is 7.89. The van der Waals surface area contributed by atoms with Crippen molar-refractivity contribution in [3.63, 3.8) is 0 Å². The number of hydrogen-bond donors (Lipinski definition) is 1. The summed E-state index contributed by atoms with van der Waals surface area (Å²) in [7, 11) is -3.61. The van der Waals surface area contributed by atoms with E-state index in [4.69, 9.17) is 0 Å². The number of nitrogens with one attached hydrogen (secondary N) is 1. The van der Waals surface area contributed by atoms with E-state index in [1.807, 2.05) is 6.92 Å². The van der Waals surface area contributed by atoms with Crippen LogP contribution < -0.4 is 4.83 Å². The smallest absolute Gasteiger partial charge is 0.200 e. The number of nitrogens with zero attached hydrogens (tertiary/aromatic N) is 1. The molecule has 5 heteroatoms. The highest BCUT2D eigenvalue weighted by atomic mass is 32.2. The van der Waals surface area contributed by atoms with Crippen LogP contribution in [-0.4, -0.2) is 14.6 Å². The molecule has 2 rings (SSSR count). The van der Waals surface area contributed by atoms with Crippen LogP contribution >= 0.6 is 0 Å². The third-order valence-corrected chi connectivity index (χ3v) is 4.97. The Morgan fingerprint density at radius 1 is 0.957 bits per heavy atom. The van der Waals surface area contributed by atoms with E-state index in [1.165, 1.54) is 22.3 Å². The van der Waals surface area contributed by atoms with Gasteiger partial charge < -0.3 is 0 Å². The van der Waals surface area contributed by atoms with Crippen molar-refractivity contribution in [2.75, 3.05) is 0 Å². The van der Waals surface area contributed by atoms with Crippen molar-refractivity contribution in [1.29, 1.82) is 0 Å². The van der Waals surface area contributed by atoms with Gasteiger partial charge in [0.1, 0.15) is 0 Å². The SMILES string of the molecule is Cc1ccc(S(=O)(=O)N/N=C/Cc2c(C)cc(C)cc2C)cc1. The monoisotopic (exact) mass is 330 g/mol. The molecular weight excluding hydrogens is 308 g/mol. The number of hydrazone groups is 1. The summed E-state index contributed by atoms with van der Waals surface area (Å²) >= 11 is 0. The Morgan fingerprint density at radius 2 is 1.52 bits per heavy atom. The zero-order chi connectivity index (χ0) is 17.0. The summed E-state index contributed by atoms with van der Waals surface area (Å²) in [6.45, 7) is 8.08. The topological polar surface area (TPSA) is 58.5 Å². The summed E-state index contributed by atoms with van der Waals surface area (Å²) in [6, 6.07) is 10.9. The lowest BCUT2D eigenvalue weighted by Gasteiger charge is -2.09. The average molecular weight is 330 g/mol. The third kappa shape index (κ3) is 4.42. The molecule has 0 amide bonds. The van der Waals surface area contributed by atoms with Crippen LogP contribution in [0.2, 0.25) is 0 Å². The van der Waals surface area contributed by atoms with Gasteiger partial charge in [0.15, 0.2) is 0 Å². The van der Waals surface area contributed by atoms with E-state index in [0.29, 0.717) is 6.42 Å². The fraction of sp³-hybridized carbons (Fsp3) is 0.278. The van der Waals surface area contributed by atoms with E-state index >= 15 is 0 Å². The Labute approximate surface area is 138 Å². The Bertz CT molecular complexity index is 800. The molecule has 0 heterocycles. The highest BCUT2D eigenvalue weighted by Gasteiger charge is 2.11. The molecule has 0 spiro atoms. The van der Waals surface area contributed by atoms with Gasteiger partial charge in [0, 0.05) is 12.6 Å². The zero-order valence-corrected chi connectivity index (χ0v) is 14.7. The second kappa shape index (κ2) is 6.96. The van der Waals surface area contributed by atoms with Gasteiger partial charge in [-0.15, -0.1) is 0 Å². The molecule has 0 aromatic heterocycles. The molecule has 4 nitrogen and oxygen atoms in total. The third-order valence-electron chi connectivity index (χ3n) is 3.73. The second-order valence-corrected chi connectivity index (χ2v) is 7.46. The standard InChI is InChI=1S/C18H22N2O2S/c1-13-5-7-17(8-6-13)23(21,22)20-19-10-9-18-15(3)11-14(2)12-16(18)4/h5-8,10-12,20H,9H2,1-4H3/b19-10+. The molecule has 0 aliphatic carbocycles. The molecule has 23 heavy (non-hydrogen) atoms. The molecule has 122 valence electrons. The van der Waals surface area contributed by atoms with E-state index in [2.05, 4.69) is 42.8 Å². The molecule has 1 N–H and O–H groups in total. The Hall–Kier alpha value is -2.14. The number of sulfonamides is 1. The average Bonchev–Trinajstić information content (AvgIpc) is 2.45. The molecule has 0 radical (unpaired) electrons. The molecule has 0 atom stereocenters. The first-order valence-electron chi connectivity index (χ1n) is 7.46. The maximum atomic E-state index is 12.1. The largest absolute Gasteiger partial charge is 0.276 e. The van der Waals surface area contributed by atoms with E-state index in [-0.39, 0.29) is 4.90 Å². The highest BCUT2D eigenvalue weighted by Crippen LogP contribution is 2.16. The van der Waals surface area contributed by atoms with E-state index < -0.39 is 10.0 Å². The molecule has 0 aliphatic rings. The predicted molar refractivity (Wildman–Crippen MR) is 94.3 cm³/mol. The van der Waals surface area contributed by atoms with Crippen LogP contribution in [0.4, 0.5) is 0 Å². The Balaban J connectivity index is 2.06.